The number of nitro groups is 1. The van der Waals surface area contributed by atoms with Gasteiger partial charge in [0.1, 0.15) is 5.75 Å². The predicted octanol–water partition coefficient (Wildman–Crippen LogP) is 3.20. The summed E-state index contributed by atoms with van der Waals surface area (Å²) in [6, 6.07) is 10.7. The number of benzene rings is 2. The van der Waals surface area contributed by atoms with Crippen molar-refractivity contribution in [2.45, 2.75) is 24.7 Å². The van der Waals surface area contributed by atoms with Crippen LogP contribution < -0.4 is 4.74 Å². The van der Waals surface area contributed by atoms with Gasteiger partial charge < -0.3 is 4.74 Å². The minimum absolute atomic E-state index is 0.0174. The minimum atomic E-state index is -3.87. The number of piperidine rings is 1. The van der Waals surface area contributed by atoms with E-state index in [9.17, 15) is 23.3 Å². The van der Waals surface area contributed by atoms with Crippen LogP contribution in [0.5, 0.6) is 5.75 Å². The standard InChI is InChI=1S/C20H22N2O6S/c1-14-3-6-17(22(24)25)13-19(14)29(26,27)21-11-9-16(10-12-21)20(23)15-4-7-18(28-2)8-5-15/h3-8,13,16H,9-12H2,1-2H3. The van der Waals surface area contributed by atoms with E-state index in [4.69, 9.17) is 4.74 Å². The van der Waals surface area contributed by atoms with Crippen molar-refractivity contribution in [1.82, 2.24) is 4.31 Å². The molecular weight excluding hydrogens is 396 g/mol. The average molecular weight is 418 g/mol. The highest BCUT2D eigenvalue weighted by Crippen LogP contribution is 2.29. The second-order valence-electron chi connectivity index (χ2n) is 6.98. The third kappa shape index (κ3) is 4.30. The van der Waals surface area contributed by atoms with Crippen LogP contribution in [0.1, 0.15) is 28.8 Å². The lowest BCUT2D eigenvalue weighted by molar-refractivity contribution is -0.385. The number of aryl methyl sites for hydroxylation is 1. The summed E-state index contributed by atoms with van der Waals surface area (Å²) in [5.41, 5.74) is 0.757. The van der Waals surface area contributed by atoms with Crippen molar-refractivity contribution in [3.8, 4) is 5.75 Å². The Balaban J connectivity index is 1.73. The van der Waals surface area contributed by atoms with Gasteiger partial charge >= 0.3 is 0 Å². The smallest absolute Gasteiger partial charge is 0.270 e. The maximum Gasteiger partial charge on any atom is 0.270 e. The summed E-state index contributed by atoms with van der Waals surface area (Å²) in [7, 11) is -2.32. The van der Waals surface area contributed by atoms with Gasteiger partial charge in [-0.3, -0.25) is 14.9 Å². The van der Waals surface area contributed by atoms with Crippen LogP contribution in [0.25, 0.3) is 0 Å². The second kappa shape index (κ2) is 8.30. The monoisotopic (exact) mass is 418 g/mol. The summed E-state index contributed by atoms with van der Waals surface area (Å²) in [6.45, 7) is 1.99. The van der Waals surface area contributed by atoms with Crippen molar-refractivity contribution in [2.75, 3.05) is 20.2 Å². The number of Topliss-reactive ketones (excluding diaryl/α,β-unsaturated/α-hetero) is 1. The predicted molar refractivity (Wildman–Crippen MR) is 107 cm³/mol. The van der Waals surface area contributed by atoms with Gasteiger partial charge in [0.2, 0.25) is 10.0 Å². The Morgan fingerprint density at radius 1 is 1.14 bits per heavy atom. The molecule has 154 valence electrons. The molecule has 1 aliphatic rings. The lowest BCUT2D eigenvalue weighted by Crippen LogP contribution is -2.40. The minimum Gasteiger partial charge on any atom is -0.497 e. The van der Waals surface area contributed by atoms with E-state index in [0.29, 0.717) is 29.7 Å². The highest BCUT2D eigenvalue weighted by atomic mass is 32.2. The van der Waals surface area contributed by atoms with Gasteiger partial charge in [-0.2, -0.15) is 4.31 Å². The molecule has 0 saturated carbocycles. The number of sulfonamides is 1. The summed E-state index contributed by atoms with van der Waals surface area (Å²) >= 11 is 0. The third-order valence-electron chi connectivity index (χ3n) is 5.20. The molecule has 1 fully saturated rings. The van der Waals surface area contributed by atoms with Crippen LogP contribution in [0.15, 0.2) is 47.4 Å². The zero-order valence-electron chi connectivity index (χ0n) is 16.2. The van der Waals surface area contributed by atoms with Crippen molar-refractivity contribution < 1.29 is 22.9 Å². The van der Waals surface area contributed by atoms with Crippen LogP contribution in [0, 0.1) is 23.0 Å². The molecule has 0 aliphatic carbocycles. The normalized spacial score (nSPS) is 15.8. The Labute approximate surface area is 169 Å². The van der Waals surface area contributed by atoms with E-state index in [2.05, 4.69) is 0 Å². The summed E-state index contributed by atoms with van der Waals surface area (Å²) in [5, 5.41) is 11.0. The van der Waals surface area contributed by atoms with Crippen LogP contribution >= 0.6 is 0 Å². The van der Waals surface area contributed by atoms with Crippen LogP contribution in [-0.2, 0) is 10.0 Å². The quantitative estimate of drug-likeness (QED) is 0.405. The van der Waals surface area contributed by atoms with Crippen molar-refractivity contribution in [3.05, 3.63) is 63.7 Å². The van der Waals surface area contributed by atoms with E-state index in [-0.39, 0.29) is 35.4 Å². The first kappa shape index (κ1) is 20.9. The number of nitrogens with zero attached hydrogens (tertiary/aromatic N) is 2. The number of ether oxygens (including phenoxy) is 1. The zero-order chi connectivity index (χ0) is 21.2. The highest BCUT2D eigenvalue weighted by Gasteiger charge is 2.33. The molecule has 1 aliphatic heterocycles. The molecule has 0 amide bonds. The Morgan fingerprint density at radius 2 is 1.76 bits per heavy atom. The summed E-state index contributed by atoms with van der Waals surface area (Å²) in [4.78, 5) is 23.1. The molecule has 1 saturated heterocycles. The van der Waals surface area contributed by atoms with Gasteiger partial charge in [-0.05, 0) is 49.6 Å². The van der Waals surface area contributed by atoms with Crippen LogP contribution in [0.4, 0.5) is 5.69 Å². The second-order valence-corrected chi connectivity index (χ2v) is 8.88. The Bertz CT molecular complexity index is 1030. The van der Waals surface area contributed by atoms with E-state index >= 15 is 0 Å². The first-order valence-electron chi connectivity index (χ1n) is 9.17. The maximum atomic E-state index is 13.0. The van der Waals surface area contributed by atoms with E-state index in [1.807, 2.05) is 0 Å². The number of hydrogen-bond donors (Lipinski definition) is 0. The molecular formula is C20H22N2O6S. The van der Waals surface area contributed by atoms with Crippen LogP contribution in [0.3, 0.4) is 0 Å². The van der Waals surface area contributed by atoms with Crippen molar-refractivity contribution >= 4 is 21.5 Å². The molecule has 29 heavy (non-hydrogen) atoms. The lowest BCUT2D eigenvalue weighted by atomic mass is 9.89. The number of carbonyl (C=O) groups is 1. The molecule has 0 spiro atoms. The number of carbonyl (C=O) groups excluding carboxylic acids is 1. The van der Waals surface area contributed by atoms with Gasteiger partial charge in [0.05, 0.1) is 16.9 Å². The van der Waals surface area contributed by atoms with Crippen LogP contribution in [0.2, 0.25) is 0 Å². The fraction of sp³-hybridized carbons (Fsp3) is 0.350. The maximum absolute atomic E-state index is 13.0. The molecule has 3 rings (SSSR count). The molecule has 0 atom stereocenters. The number of methoxy groups -OCH3 is 1. The highest BCUT2D eigenvalue weighted by molar-refractivity contribution is 7.89. The Morgan fingerprint density at radius 3 is 2.31 bits per heavy atom. The molecule has 0 unspecified atom stereocenters. The molecule has 9 heteroatoms. The van der Waals surface area contributed by atoms with Gasteiger partial charge in [-0.25, -0.2) is 8.42 Å². The largest absolute Gasteiger partial charge is 0.497 e. The average Bonchev–Trinajstić information content (AvgIpc) is 2.73. The molecule has 2 aromatic rings. The van der Waals surface area contributed by atoms with E-state index in [1.54, 1.807) is 38.3 Å². The summed E-state index contributed by atoms with van der Waals surface area (Å²) in [6.07, 6.45) is 0.802. The first-order chi connectivity index (χ1) is 13.7. The molecule has 0 N–H and O–H groups in total. The van der Waals surface area contributed by atoms with Gasteiger partial charge in [-0.1, -0.05) is 6.07 Å². The number of hydrogen-bond acceptors (Lipinski definition) is 6. The number of ketones is 1. The third-order valence-corrected chi connectivity index (χ3v) is 7.24. The number of non-ortho nitro benzene ring substituents is 1. The SMILES string of the molecule is COc1ccc(C(=O)C2CCN(S(=O)(=O)c3cc([N+](=O)[O-])ccc3C)CC2)cc1. The van der Waals surface area contributed by atoms with Gasteiger partial charge in [-0.15, -0.1) is 0 Å². The fourth-order valence-electron chi connectivity index (χ4n) is 3.47. The molecule has 1 heterocycles. The number of nitro benzene ring substituents is 1. The molecule has 0 aromatic heterocycles. The lowest BCUT2D eigenvalue weighted by Gasteiger charge is -2.30. The van der Waals surface area contributed by atoms with E-state index in [1.165, 1.54) is 16.4 Å². The summed E-state index contributed by atoms with van der Waals surface area (Å²) < 4.78 is 32.4. The van der Waals surface area contributed by atoms with Gasteiger partial charge in [0, 0.05) is 36.7 Å². The topological polar surface area (TPSA) is 107 Å². The van der Waals surface area contributed by atoms with Crippen molar-refractivity contribution in [3.63, 3.8) is 0 Å². The molecule has 0 bridgehead atoms. The Hall–Kier alpha value is -2.78. The van der Waals surface area contributed by atoms with Crippen molar-refractivity contribution in [1.29, 1.82) is 0 Å². The Kier molecular flexibility index (Phi) is 5.99. The zero-order valence-corrected chi connectivity index (χ0v) is 17.0. The van der Waals surface area contributed by atoms with E-state index in [0.717, 1.165) is 6.07 Å². The molecule has 8 nitrogen and oxygen atoms in total. The first-order valence-corrected chi connectivity index (χ1v) is 10.6. The van der Waals surface area contributed by atoms with Crippen molar-refractivity contribution in [2.24, 2.45) is 5.92 Å². The summed E-state index contributed by atoms with van der Waals surface area (Å²) in [5.74, 6) is 0.382. The van der Waals surface area contributed by atoms with Gasteiger partial charge in [0.15, 0.2) is 5.78 Å². The van der Waals surface area contributed by atoms with E-state index < -0.39 is 14.9 Å². The molecule has 2 aromatic carbocycles. The number of rotatable bonds is 6. The van der Waals surface area contributed by atoms with Gasteiger partial charge in [0.25, 0.3) is 5.69 Å². The molecule has 0 radical (unpaired) electrons. The van der Waals surface area contributed by atoms with Crippen LogP contribution in [-0.4, -0.2) is 43.6 Å². The fourth-order valence-corrected chi connectivity index (χ4v) is 5.18.